The van der Waals surface area contributed by atoms with E-state index in [1.54, 1.807) is 0 Å². The topological polar surface area (TPSA) is 48.0 Å². The molecule has 5 nitrogen and oxygen atoms in total. The van der Waals surface area contributed by atoms with Crippen LogP contribution in [0.25, 0.3) is 0 Å². The van der Waals surface area contributed by atoms with Gasteiger partial charge in [0.1, 0.15) is 12.0 Å². The van der Waals surface area contributed by atoms with E-state index in [2.05, 4.69) is 4.90 Å². The second-order valence-corrected chi connectivity index (χ2v) is 3.71. The maximum Gasteiger partial charge on any atom is 0.164 e. The summed E-state index contributed by atoms with van der Waals surface area (Å²) in [4.78, 5) is 12.9. The van der Waals surface area contributed by atoms with Crippen LogP contribution in [-0.2, 0) is 19.0 Å². The lowest BCUT2D eigenvalue weighted by Crippen LogP contribution is -2.33. The monoisotopic (exact) mass is 217 g/mol. The quantitative estimate of drug-likeness (QED) is 0.597. The lowest BCUT2D eigenvalue weighted by molar-refractivity contribution is -0.162. The molecule has 1 rings (SSSR count). The summed E-state index contributed by atoms with van der Waals surface area (Å²) in [5.41, 5.74) is 0. The molecule has 1 saturated heterocycles. The van der Waals surface area contributed by atoms with Crippen molar-refractivity contribution in [1.82, 2.24) is 4.90 Å². The number of carbonyl (C=O) groups excluding carboxylic acids is 1. The lowest BCUT2D eigenvalue weighted by Gasteiger charge is -2.21. The molecule has 15 heavy (non-hydrogen) atoms. The second-order valence-electron chi connectivity index (χ2n) is 3.71. The Bertz CT molecular complexity index is 210. The normalized spacial score (nSPS) is 24.3. The van der Waals surface area contributed by atoms with Gasteiger partial charge in [0.15, 0.2) is 6.29 Å². The second kappa shape index (κ2) is 6.17. The van der Waals surface area contributed by atoms with Crippen molar-refractivity contribution in [1.29, 1.82) is 0 Å². The van der Waals surface area contributed by atoms with Gasteiger partial charge in [-0.15, -0.1) is 0 Å². The van der Waals surface area contributed by atoms with Crippen LogP contribution >= 0.6 is 0 Å². The van der Waals surface area contributed by atoms with E-state index in [9.17, 15) is 4.79 Å². The number of hydrogen-bond donors (Lipinski definition) is 0. The first-order valence-corrected chi connectivity index (χ1v) is 5.09. The molecule has 0 aromatic rings. The first-order chi connectivity index (χ1) is 7.13. The number of hydrogen-bond acceptors (Lipinski definition) is 5. The minimum Gasteiger partial charge on any atom is -0.359 e. The van der Waals surface area contributed by atoms with Crippen molar-refractivity contribution in [3.8, 4) is 0 Å². The first kappa shape index (κ1) is 12.6. The Kier molecular flexibility index (Phi) is 5.17. The lowest BCUT2D eigenvalue weighted by atomic mass is 10.3. The molecule has 1 aliphatic heterocycles. The molecule has 1 aliphatic rings. The van der Waals surface area contributed by atoms with Crippen LogP contribution in [0.15, 0.2) is 0 Å². The third-order valence-corrected chi connectivity index (χ3v) is 2.39. The molecule has 0 aromatic heterocycles. The van der Waals surface area contributed by atoms with Gasteiger partial charge in [-0.3, -0.25) is 9.69 Å². The molecule has 1 heterocycles. The molecule has 0 saturated carbocycles. The van der Waals surface area contributed by atoms with E-state index >= 15 is 0 Å². The van der Waals surface area contributed by atoms with Crippen LogP contribution in [0.1, 0.15) is 13.3 Å². The van der Waals surface area contributed by atoms with Gasteiger partial charge in [-0.25, -0.2) is 0 Å². The highest BCUT2D eigenvalue weighted by Crippen LogP contribution is 2.09. The van der Waals surface area contributed by atoms with Crippen molar-refractivity contribution in [2.75, 3.05) is 33.9 Å². The number of nitrogens with zero attached hydrogens (tertiary/aromatic N) is 1. The van der Waals surface area contributed by atoms with E-state index in [0.717, 1.165) is 13.2 Å². The predicted octanol–water partition coefficient (Wildman–Crippen LogP) is 0.243. The smallest absolute Gasteiger partial charge is 0.164 e. The molecule has 0 bridgehead atoms. The molecule has 0 amide bonds. The minimum atomic E-state index is -0.458. The zero-order valence-corrected chi connectivity index (χ0v) is 9.56. The Morgan fingerprint density at radius 2 is 2.40 bits per heavy atom. The molecule has 1 fully saturated rings. The van der Waals surface area contributed by atoms with Crippen LogP contribution in [0.3, 0.4) is 0 Å². The van der Waals surface area contributed by atoms with E-state index in [1.807, 2.05) is 7.05 Å². The maximum absolute atomic E-state index is 10.9. The Balaban J connectivity index is 2.24. The van der Waals surface area contributed by atoms with Crippen LogP contribution in [0.5, 0.6) is 0 Å². The molecule has 2 atom stereocenters. The molecule has 0 spiro atoms. The Hall–Kier alpha value is -0.490. The van der Waals surface area contributed by atoms with Crippen molar-refractivity contribution < 1.29 is 19.0 Å². The number of methoxy groups -OCH3 is 1. The first-order valence-electron chi connectivity index (χ1n) is 5.09. The summed E-state index contributed by atoms with van der Waals surface area (Å²) in [6, 6.07) is 0. The number of Topliss-reactive ketones (excluding diaryl/α,β-unsaturated/α-hetero) is 1. The molecule has 0 aromatic carbocycles. The fraction of sp³-hybridized carbons (Fsp3) is 0.900. The highest BCUT2D eigenvalue weighted by Gasteiger charge is 2.23. The fourth-order valence-corrected chi connectivity index (χ4v) is 1.41. The largest absolute Gasteiger partial charge is 0.359 e. The number of carbonyl (C=O) groups is 1. The van der Waals surface area contributed by atoms with E-state index in [1.165, 1.54) is 14.0 Å². The number of ether oxygens (including phenoxy) is 3. The van der Waals surface area contributed by atoms with Gasteiger partial charge in [0.2, 0.25) is 0 Å². The van der Waals surface area contributed by atoms with Crippen molar-refractivity contribution in [2.24, 2.45) is 0 Å². The van der Waals surface area contributed by atoms with Gasteiger partial charge in [-0.2, -0.15) is 0 Å². The highest BCUT2D eigenvalue weighted by molar-refractivity contribution is 5.75. The van der Waals surface area contributed by atoms with Crippen LogP contribution in [0, 0.1) is 0 Å². The van der Waals surface area contributed by atoms with Crippen molar-refractivity contribution in [3.05, 3.63) is 0 Å². The summed E-state index contributed by atoms with van der Waals surface area (Å²) in [5.74, 6) is 0.0579. The van der Waals surface area contributed by atoms with Gasteiger partial charge in [0.25, 0.3) is 0 Å². The third-order valence-electron chi connectivity index (χ3n) is 2.39. The van der Waals surface area contributed by atoms with Gasteiger partial charge in [0, 0.05) is 13.7 Å². The van der Waals surface area contributed by atoms with Crippen molar-refractivity contribution >= 4 is 5.78 Å². The molecule has 5 heteroatoms. The van der Waals surface area contributed by atoms with E-state index in [4.69, 9.17) is 14.2 Å². The molecular formula is C10H19NO4. The van der Waals surface area contributed by atoms with Crippen LogP contribution in [0.4, 0.5) is 0 Å². The molecule has 88 valence electrons. The molecular weight excluding hydrogens is 198 g/mol. The standard InChI is InChI=1S/C10H19NO4/c1-8(12)6-10(13-3)15-7-9-11(2)4-5-14-9/h9-10H,4-7H2,1-3H3. The number of likely N-dealkylation sites (N-methyl/N-ethyl adjacent to an activating group) is 1. The number of ketones is 1. The summed E-state index contributed by atoms with van der Waals surface area (Å²) >= 11 is 0. The van der Waals surface area contributed by atoms with Gasteiger partial charge in [0.05, 0.1) is 19.6 Å². The molecule has 0 aliphatic carbocycles. The highest BCUT2D eigenvalue weighted by atomic mass is 16.7. The van der Waals surface area contributed by atoms with Gasteiger partial charge in [-0.1, -0.05) is 0 Å². The third kappa shape index (κ3) is 4.25. The molecule has 0 radical (unpaired) electrons. The van der Waals surface area contributed by atoms with E-state index < -0.39 is 6.29 Å². The summed E-state index contributed by atoms with van der Waals surface area (Å²) in [5, 5.41) is 0. The van der Waals surface area contributed by atoms with E-state index in [0.29, 0.717) is 6.61 Å². The zero-order chi connectivity index (χ0) is 11.3. The summed E-state index contributed by atoms with van der Waals surface area (Å²) in [6.07, 6.45) is -0.192. The minimum absolute atomic E-state index is 0.0189. The van der Waals surface area contributed by atoms with Crippen LogP contribution < -0.4 is 0 Å². The van der Waals surface area contributed by atoms with Crippen LogP contribution in [-0.4, -0.2) is 57.1 Å². The van der Waals surface area contributed by atoms with Gasteiger partial charge < -0.3 is 14.2 Å². The summed E-state index contributed by atoms with van der Waals surface area (Å²) in [7, 11) is 3.51. The number of rotatable bonds is 6. The Morgan fingerprint density at radius 3 is 2.87 bits per heavy atom. The van der Waals surface area contributed by atoms with Gasteiger partial charge in [-0.05, 0) is 14.0 Å². The average molecular weight is 217 g/mol. The molecule has 0 N–H and O–H groups in total. The Labute approximate surface area is 90.3 Å². The fourth-order valence-electron chi connectivity index (χ4n) is 1.41. The van der Waals surface area contributed by atoms with Gasteiger partial charge >= 0.3 is 0 Å². The average Bonchev–Trinajstić information content (AvgIpc) is 2.58. The molecule has 2 unspecified atom stereocenters. The van der Waals surface area contributed by atoms with Crippen LogP contribution in [0.2, 0.25) is 0 Å². The summed E-state index contributed by atoms with van der Waals surface area (Å²) in [6.45, 7) is 3.60. The van der Waals surface area contributed by atoms with Crippen molar-refractivity contribution in [3.63, 3.8) is 0 Å². The predicted molar refractivity (Wildman–Crippen MR) is 54.4 cm³/mol. The summed E-state index contributed by atoms with van der Waals surface area (Å²) < 4.78 is 15.9. The van der Waals surface area contributed by atoms with Crippen molar-refractivity contribution in [2.45, 2.75) is 25.9 Å². The van der Waals surface area contributed by atoms with E-state index in [-0.39, 0.29) is 18.4 Å². The SMILES string of the molecule is COC(CC(C)=O)OCC1OCCN1C. The zero-order valence-electron chi connectivity index (χ0n) is 9.56. The maximum atomic E-state index is 10.9. The Morgan fingerprint density at radius 1 is 1.67 bits per heavy atom.